The summed E-state index contributed by atoms with van der Waals surface area (Å²) in [6, 6.07) is 32.6. The predicted molar refractivity (Wildman–Crippen MR) is 331 cm³/mol. The zero-order valence-electron chi connectivity index (χ0n) is 49.6. The fourth-order valence-electron chi connectivity index (χ4n) is 12.1. The number of ether oxygens (including phenoxy) is 2. The quantitative estimate of drug-likeness (QED) is 0.0408. The van der Waals surface area contributed by atoms with Crippen LogP contribution in [0.5, 0.6) is 0 Å². The summed E-state index contributed by atoms with van der Waals surface area (Å²) in [4.78, 5) is 104. The number of anilines is 1. The number of hydrogen-bond acceptors (Lipinski definition) is 12. The number of nitrogens with two attached hydrogens (primary N) is 1. The second-order valence-corrected chi connectivity index (χ2v) is 24.8. The molecular weight excluding hydrogens is 1120 g/mol. The highest BCUT2D eigenvalue weighted by Gasteiger charge is 2.46. The van der Waals surface area contributed by atoms with Gasteiger partial charge < -0.3 is 46.5 Å². The molecule has 18 nitrogen and oxygen atoms in total. The molecule has 3 aliphatic heterocycles. The standard InChI is InChI=1S/C68H74N8O10S/c1-40-61(87-39-71-40)46-27-25-43(26-28-46)35-70-63(80)56-34-48(77)36-75(56)66(83)62(68(3,4)5)74-59(79)20-11-6-13-42-21-23-44(24-22-42)37-85-41(2)54(31-32-58(69)78)72-64(81)57-33-47-15-12-14-45-29-30-55(65(82)76(57)60(45)47)73-67(84)86-38-53-51-18-9-7-16-49(51)50-17-8-10-19-52(50)53/h7-10,12,14-19,21-28,39,41,48,53-57,62,77H,11,20,29-38H2,1-5H3,(H2,69,78)(H,70,80)(H,72,81)(H,73,84)(H,74,79)/t41-,48-,54+,55+,56+,57+,62-/m1/s1. The van der Waals surface area contributed by atoms with Gasteiger partial charge in [-0.25, -0.2) is 9.78 Å². The number of rotatable bonds is 20. The van der Waals surface area contributed by atoms with Gasteiger partial charge in [0.25, 0.3) is 0 Å². The highest BCUT2D eigenvalue weighted by Crippen LogP contribution is 2.45. The number of benzene rings is 5. The molecule has 7 amide bonds. The van der Waals surface area contributed by atoms with E-state index in [1.807, 2.05) is 131 Å². The van der Waals surface area contributed by atoms with Crippen LogP contribution in [0.25, 0.3) is 21.6 Å². The molecule has 6 aromatic rings. The van der Waals surface area contributed by atoms with Crippen molar-refractivity contribution in [1.82, 2.24) is 31.2 Å². The maximum absolute atomic E-state index is 14.6. The van der Waals surface area contributed by atoms with Gasteiger partial charge in [0, 0.05) is 56.7 Å². The minimum absolute atomic E-state index is 0.0163. The van der Waals surface area contributed by atoms with Gasteiger partial charge in [-0.3, -0.25) is 33.7 Å². The van der Waals surface area contributed by atoms with E-state index in [-0.39, 0.29) is 82.6 Å². The Labute approximate surface area is 511 Å². The van der Waals surface area contributed by atoms with E-state index in [1.54, 1.807) is 23.8 Å². The second kappa shape index (κ2) is 26.9. The Balaban J connectivity index is 0.702. The number of hydrogen-bond donors (Lipinski definition) is 6. The smallest absolute Gasteiger partial charge is 0.407 e. The van der Waals surface area contributed by atoms with Crippen molar-refractivity contribution < 1.29 is 48.1 Å². The van der Waals surface area contributed by atoms with Gasteiger partial charge in [-0.05, 0) is 101 Å². The Kier molecular flexibility index (Phi) is 19.0. The SMILES string of the molecule is Cc1ncsc1-c1ccc(CNC(=O)[C@@H]2C[C@@H](O)CN2C(=O)[C@@H](NC(=O)CCC#Cc2ccc(CO[C@H](C)[C@H](CCC(N)=O)NC(=O)[C@@H]3Cc4cccc5c4N3C(=O)[C@@H](NC(=O)OCC3c4ccccc4-c4ccccc43)CC5)cc2)C(C)(C)C)cc1. The third kappa shape index (κ3) is 14.3. The van der Waals surface area contributed by atoms with Crippen molar-refractivity contribution in [2.75, 3.05) is 18.1 Å². The van der Waals surface area contributed by atoms with E-state index >= 15 is 0 Å². The Hall–Kier alpha value is -8.70. The number of aryl methyl sites for hydroxylation is 2. The van der Waals surface area contributed by atoms with Crippen molar-refractivity contribution in [3.63, 3.8) is 0 Å². The molecule has 1 fully saturated rings. The summed E-state index contributed by atoms with van der Waals surface area (Å²) >= 11 is 1.56. The zero-order chi connectivity index (χ0) is 61.5. The summed E-state index contributed by atoms with van der Waals surface area (Å²) in [6.45, 7) is 9.70. The molecule has 1 saturated heterocycles. The average Bonchev–Trinajstić information content (AvgIpc) is 1.78. The number of nitrogens with zero attached hydrogens (tertiary/aromatic N) is 3. The minimum atomic E-state index is -0.976. The van der Waals surface area contributed by atoms with Gasteiger partial charge in [0.15, 0.2) is 0 Å². The number of carbonyl (C=O) groups is 7. The molecule has 4 aliphatic rings. The lowest BCUT2D eigenvalue weighted by Crippen LogP contribution is -2.57. The van der Waals surface area contributed by atoms with Crippen LogP contribution in [-0.4, -0.2) is 112 Å². The number of thiazole rings is 1. The molecular formula is C68H74N8O10S. The van der Waals surface area contributed by atoms with Crippen LogP contribution in [0.1, 0.15) is 117 Å². The molecule has 4 heterocycles. The third-order valence-corrected chi connectivity index (χ3v) is 17.8. The lowest BCUT2D eigenvalue weighted by atomic mass is 9.85. The van der Waals surface area contributed by atoms with Crippen molar-refractivity contribution in [3.05, 3.63) is 165 Å². The van der Waals surface area contributed by atoms with Crippen LogP contribution in [-0.2, 0) is 64.2 Å². The highest BCUT2D eigenvalue weighted by molar-refractivity contribution is 7.13. The Morgan fingerprint density at radius 2 is 1.53 bits per heavy atom. The van der Waals surface area contributed by atoms with Crippen LogP contribution in [0.3, 0.4) is 0 Å². The zero-order valence-corrected chi connectivity index (χ0v) is 50.4. The van der Waals surface area contributed by atoms with Crippen molar-refractivity contribution in [1.29, 1.82) is 0 Å². The van der Waals surface area contributed by atoms with E-state index in [2.05, 4.69) is 50.2 Å². The first-order chi connectivity index (χ1) is 41.8. The monoisotopic (exact) mass is 1190 g/mol. The number of aliphatic hydroxyl groups excluding tert-OH is 1. The maximum atomic E-state index is 14.6. The number of β-amino-alcohol motifs (C(OH)–C–C–N with tert-alkyl or cyclic N) is 1. The van der Waals surface area contributed by atoms with Crippen molar-refractivity contribution in [3.8, 4) is 33.4 Å². The lowest BCUT2D eigenvalue weighted by Gasteiger charge is -2.35. The first-order valence-corrected chi connectivity index (χ1v) is 30.6. The molecule has 19 heteroatoms. The van der Waals surface area contributed by atoms with Gasteiger partial charge >= 0.3 is 6.09 Å². The predicted octanol–water partition coefficient (Wildman–Crippen LogP) is 7.53. The van der Waals surface area contributed by atoms with Crippen LogP contribution in [0.2, 0.25) is 0 Å². The maximum Gasteiger partial charge on any atom is 0.407 e. The van der Waals surface area contributed by atoms with E-state index in [0.717, 1.165) is 60.6 Å². The molecule has 7 atom stereocenters. The fourth-order valence-corrected chi connectivity index (χ4v) is 13.0. The number of para-hydroxylation sites is 1. The molecule has 0 saturated carbocycles. The van der Waals surface area contributed by atoms with Gasteiger partial charge in [-0.2, -0.15) is 0 Å². The molecule has 1 aromatic heterocycles. The summed E-state index contributed by atoms with van der Waals surface area (Å²) in [6.07, 6.45) is -0.729. The Bertz CT molecular complexity index is 3580. The third-order valence-electron chi connectivity index (χ3n) is 16.8. The van der Waals surface area contributed by atoms with E-state index < -0.39 is 77.6 Å². The largest absolute Gasteiger partial charge is 0.449 e. The summed E-state index contributed by atoms with van der Waals surface area (Å²) in [7, 11) is 0. The van der Waals surface area contributed by atoms with Gasteiger partial charge in [-0.15, -0.1) is 11.3 Å². The van der Waals surface area contributed by atoms with E-state index in [9.17, 15) is 38.7 Å². The Morgan fingerprint density at radius 3 is 2.21 bits per heavy atom. The molecule has 0 spiro atoms. The average molecular weight is 1200 g/mol. The first-order valence-electron chi connectivity index (χ1n) is 29.7. The van der Waals surface area contributed by atoms with Crippen molar-refractivity contribution >= 4 is 58.6 Å². The van der Waals surface area contributed by atoms with E-state index in [4.69, 9.17) is 15.2 Å². The summed E-state index contributed by atoms with van der Waals surface area (Å²) in [5, 5.41) is 22.4. The molecule has 10 rings (SSSR count). The summed E-state index contributed by atoms with van der Waals surface area (Å²) in [5.74, 6) is 3.37. The van der Waals surface area contributed by atoms with Gasteiger partial charge in [0.05, 0.1) is 46.6 Å². The van der Waals surface area contributed by atoms with Gasteiger partial charge in [0.1, 0.15) is 30.8 Å². The van der Waals surface area contributed by atoms with Gasteiger partial charge in [0.2, 0.25) is 35.4 Å². The van der Waals surface area contributed by atoms with Crippen molar-refractivity contribution in [2.24, 2.45) is 11.1 Å². The molecule has 452 valence electrons. The number of amides is 7. The molecule has 0 unspecified atom stereocenters. The van der Waals surface area contributed by atoms with Crippen LogP contribution in [0.4, 0.5) is 10.5 Å². The number of alkyl carbamates (subject to hydrolysis) is 1. The van der Waals surface area contributed by atoms with Gasteiger partial charge in [-0.1, -0.05) is 136 Å². The first kappa shape index (κ1) is 61.4. The second-order valence-electron chi connectivity index (χ2n) is 24.0. The number of carbonyl (C=O) groups excluding carboxylic acids is 7. The van der Waals surface area contributed by atoms with Crippen LogP contribution in [0, 0.1) is 24.2 Å². The topological polar surface area (TPSA) is 252 Å². The van der Waals surface area contributed by atoms with Crippen LogP contribution >= 0.6 is 11.3 Å². The van der Waals surface area contributed by atoms with Crippen molar-refractivity contribution in [2.45, 2.75) is 147 Å². The molecule has 0 radical (unpaired) electrons. The molecule has 7 N–H and O–H groups in total. The number of aromatic nitrogens is 1. The van der Waals surface area contributed by atoms with E-state index in [1.165, 1.54) is 9.80 Å². The Morgan fingerprint density at radius 1 is 0.839 bits per heavy atom. The fraction of sp³-hybridized carbons (Fsp3) is 0.382. The summed E-state index contributed by atoms with van der Waals surface area (Å²) < 4.78 is 12.2. The molecule has 5 aromatic carbocycles. The molecule has 1 aliphatic carbocycles. The lowest BCUT2D eigenvalue weighted by molar-refractivity contribution is -0.144. The molecule has 0 bridgehead atoms. The van der Waals surface area contributed by atoms with Crippen LogP contribution in [0.15, 0.2) is 121 Å². The highest BCUT2D eigenvalue weighted by atomic mass is 32.1. The molecule has 87 heavy (non-hydrogen) atoms. The number of fused-ring (bicyclic) bond motifs is 3. The van der Waals surface area contributed by atoms with Crippen LogP contribution < -0.4 is 31.9 Å². The number of likely N-dealkylation sites (tertiary alicyclic amines) is 1. The number of aliphatic hydroxyl groups is 1. The number of nitrogens with one attached hydrogen (secondary N) is 4. The number of primary amides is 1. The van der Waals surface area contributed by atoms with E-state index in [0.29, 0.717) is 24.1 Å². The minimum Gasteiger partial charge on any atom is -0.449 e. The summed E-state index contributed by atoms with van der Waals surface area (Å²) in [5.41, 5.74) is 17.8. The normalized spacial score (nSPS) is 18.6.